The van der Waals surface area contributed by atoms with Gasteiger partial charge in [0.05, 0.1) is 6.61 Å². The molecule has 0 aromatic carbocycles. The molecule has 0 saturated heterocycles. The summed E-state index contributed by atoms with van der Waals surface area (Å²) in [5.41, 5.74) is 2.40. The van der Waals surface area contributed by atoms with Crippen LogP contribution in [0, 0.1) is 5.92 Å². The van der Waals surface area contributed by atoms with Crippen molar-refractivity contribution in [3.05, 3.63) is 23.3 Å². The Kier molecular flexibility index (Phi) is 8.47. The first-order valence-corrected chi connectivity index (χ1v) is 6.39. The number of ether oxygens (including phenoxy) is 1. The highest BCUT2D eigenvalue weighted by molar-refractivity contribution is 5.82. The van der Waals surface area contributed by atoms with Gasteiger partial charge in [0.1, 0.15) is 0 Å². The minimum Gasteiger partial charge on any atom is -0.463 e. The Balaban J connectivity index is 3.86. The maximum atomic E-state index is 11.4. The van der Waals surface area contributed by atoms with Crippen LogP contribution in [0.4, 0.5) is 0 Å². The first kappa shape index (κ1) is 16.0. The van der Waals surface area contributed by atoms with E-state index in [4.69, 9.17) is 4.74 Å². The second-order valence-corrected chi connectivity index (χ2v) is 5.16. The molecule has 0 saturated carbocycles. The average molecular weight is 238 g/mol. The molecule has 0 atom stereocenters. The van der Waals surface area contributed by atoms with Gasteiger partial charge in [0, 0.05) is 6.08 Å². The molecule has 0 heterocycles. The normalized spacial score (nSPS) is 11.5. The van der Waals surface area contributed by atoms with Gasteiger partial charge >= 0.3 is 5.97 Å². The summed E-state index contributed by atoms with van der Waals surface area (Å²) in [6.07, 6.45) is 6.63. The number of allylic oxidation sites excluding steroid dienone is 3. The van der Waals surface area contributed by atoms with Crippen molar-refractivity contribution in [3.8, 4) is 0 Å². The van der Waals surface area contributed by atoms with Crippen LogP contribution in [0.1, 0.15) is 53.9 Å². The summed E-state index contributed by atoms with van der Waals surface area (Å²) < 4.78 is 5.12. The zero-order valence-electron chi connectivity index (χ0n) is 11.9. The first-order chi connectivity index (χ1) is 7.91. The fourth-order valence-electron chi connectivity index (χ4n) is 1.30. The van der Waals surface area contributed by atoms with Crippen LogP contribution in [-0.2, 0) is 9.53 Å². The van der Waals surface area contributed by atoms with Gasteiger partial charge in [0.25, 0.3) is 0 Å². The van der Waals surface area contributed by atoms with Crippen molar-refractivity contribution in [2.24, 2.45) is 5.92 Å². The van der Waals surface area contributed by atoms with Crippen LogP contribution in [0.15, 0.2) is 23.3 Å². The maximum Gasteiger partial charge on any atom is 0.330 e. The molecule has 0 amide bonds. The summed E-state index contributed by atoms with van der Waals surface area (Å²) in [6, 6.07) is 0. The van der Waals surface area contributed by atoms with Crippen LogP contribution < -0.4 is 0 Å². The van der Waals surface area contributed by atoms with Crippen LogP contribution in [-0.4, -0.2) is 12.6 Å². The van der Waals surface area contributed by atoms with Gasteiger partial charge < -0.3 is 4.74 Å². The molecule has 98 valence electrons. The molecular formula is C15H26O2. The Morgan fingerprint density at radius 3 is 2.41 bits per heavy atom. The van der Waals surface area contributed by atoms with Crippen molar-refractivity contribution in [2.45, 2.75) is 53.9 Å². The molecule has 0 bridgehead atoms. The fourth-order valence-corrected chi connectivity index (χ4v) is 1.30. The summed E-state index contributed by atoms with van der Waals surface area (Å²) in [5.74, 6) is 0.367. The highest BCUT2D eigenvalue weighted by atomic mass is 16.5. The minimum absolute atomic E-state index is 0.208. The van der Waals surface area contributed by atoms with E-state index in [1.165, 1.54) is 5.57 Å². The van der Waals surface area contributed by atoms with E-state index < -0.39 is 0 Å². The summed E-state index contributed by atoms with van der Waals surface area (Å²) in [4.78, 5) is 11.4. The predicted molar refractivity (Wildman–Crippen MR) is 72.8 cm³/mol. The predicted octanol–water partition coefficient (Wildman–Crippen LogP) is 4.27. The molecule has 0 aromatic heterocycles. The number of hydrogen-bond acceptors (Lipinski definition) is 2. The van der Waals surface area contributed by atoms with Gasteiger partial charge in [0.15, 0.2) is 0 Å². The first-order valence-electron chi connectivity index (χ1n) is 6.39. The zero-order valence-corrected chi connectivity index (χ0v) is 11.9. The lowest BCUT2D eigenvalue weighted by molar-refractivity contribution is -0.138. The monoisotopic (exact) mass is 238 g/mol. The number of hydrogen-bond donors (Lipinski definition) is 0. The molecule has 0 fully saturated rings. The number of esters is 1. The van der Waals surface area contributed by atoms with E-state index in [1.807, 2.05) is 6.92 Å². The lowest BCUT2D eigenvalue weighted by Crippen LogP contribution is -2.05. The Morgan fingerprint density at radius 1 is 1.24 bits per heavy atom. The van der Waals surface area contributed by atoms with Gasteiger partial charge in [0.2, 0.25) is 0 Å². The van der Waals surface area contributed by atoms with E-state index in [0.29, 0.717) is 12.5 Å². The third kappa shape index (κ3) is 11.2. The molecule has 0 aliphatic carbocycles. The number of rotatable bonds is 7. The maximum absolute atomic E-state index is 11.4. The summed E-state index contributed by atoms with van der Waals surface area (Å²) in [7, 11) is 0. The molecule has 0 N–H and O–H groups in total. The molecule has 2 heteroatoms. The van der Waals surface area contributed by atoms with Crippen molar-refractivity contribution in [3.63, 3.8) is 0 Å². The molecule has 0 spiro atoms. The van der Waals surface area contributed by atoms with Crippen LogP contribution in [0.5, 0.6) is 0 Å². The highest BCUT2D eigenvalue weighted by Gasteiger charge is 2.00. The molecule has 0 aliphatic rings. The van der Waals surface area contributed by atoms with E-state index >= 15 is 0 Å². The largest absolute Gasteiger partial charge is 0.463 e. The smallest absolute Gasteiger partial charge is 0.330 e. The van der Waals surface area contributed by atoms with E-state index in [0.717, 1.165) is 24.8 Å². The topological polar surface area (TPSA) is 26.3 Å². The lowest BCUT2D eigenvalue weighted by atomic mass is 10.1. The fraction of sp³-hybridized carbons (Fsp3) is 0.667. The van der Waals surface area contributed by atoms with E-state index in [9.17, 15) is 4.79 Å². The standard InChI is InChI=1S/C15H26O2/c1-12(2)7-6-8-14(5)11-15(16)17-10-9-13(3)4/h7,11,13H,6,8-10H2,1-5H3/b14-11+. The minimum atomic E-state index is -0.208. The summed E-state index contributed by atoms with van der Waals surface area (Å²) in [6.45, 7) is 10.9. The Bertz CT molecular complexity index is 281. The highest BCUT2D eigenvalue weighted by Crippen LogP contribution is 2.07. The van der Waals surface area contributed by atoms with Crippen molar-refractivity contribution in [1.29, 1.82) is 0 Å². The van der Waals surface area contributed by atoms with Gasteiger partial charge in [-0.1, -0.05) is 31.1 Å². The Morgan fingerprint density at radius 2 is 1.88 bits per heavy atom. The van der Waals surface area contributed by atoms with Gasteiger partial charge in [-0.05, 0) is 46.0 Å². The van der Waals surface area contributed by atoms with Crippen LogP contribution in [0.25, 0.3) is 0 Å². The van der Waals surface area contributed by atoms with Gasteiger partial charge in [-0.15, -0.1) is 0 Å². The van der Waals surface area contributed by atoms with Crippen molar-refractivity contribution < 1.29 is 9.53 Å². The van der Waals surface area contributed by atoms with Crippen LogP contribution in [0.3, 0.4) is 0 Å². The SMILES string of the molecule is CC(C)=CCC/C(C)=C/C(=O)OCCC(C)C. The van der Waals surface area contributed by atoms with Crippen molar-refractivity contribution in [2.75, 3.05) is 6.61 Å². The van der Waals surface area contributed by atoms with Gasteiger partial charge in [-0.3, -0.25) is 0 Å². The summed E-state index contributed by atoms with van der Waals surface area (Å²) in [5, 5.41) is 0. The van der Waals surface area contributed by atoms with E-state index in [1.54, 1.807) is 6.08 Å². The average Bonchev–Trinajstić information content (AvgIpc) is 2.15. The third-order valence-electron chi connectivity index (χ3n) is 2.40. The lowest BCUT2D eigenvalue weighted by Gasteiger charge is -2.05. The summed E-state index contributed by atoms with van der Waals surface area (Å²) >= 11 is 0. The molecule has 0 unspecified atom stereocenters. The molecule has 0 aliphatic heterocycles. The molecule has 17 heavy (non-hydrogen) atoms. The molecule has 2 nitrogen and oxygen atoms in total. The Hall–Kier alpha value is -1.05. The zero-order chi connectivity index (χ0) is 13.3. The quantitative estimate of drug-likeness (QED) is 0.376. The van der Waals surface area contributed by atoms with Crippen molar-refractivity contribution >= 4 is 5.97 Å². The second-order valence-electron chi connectivity index (χ2n) is 5.16. The van der Waals surface area contributed by atoms with Crippen LogP contribution >= 0.6 is 0 Å². The molecule has 0 rings (SSSR count). The molecule has 0 radical (unpaired) electrons. The van der Waals surface area contributed by atoms with Crippen LogP contribution in [0.2, 0.25) is 0 Å². The second kappa shape index (κ2) is 9.03. The Labute approximate surface area is 106 Å². The van der Waals surface area contributed by atoms with E-state index in [-0.39, 0.29) is 5.97 Å². The van der Waals surface area contributed by atoms with E-state index in [2.05, 4.69) is 33.8 Å². The number of carbonyl (C=O) groups is 1. The number of carbonyl (C=O) groups excluding carboxylic acids is 1. The van der Waals surface area contributed by atoms with Crippen molar-refractivity contribution in [1.82, 2.24) is 0 Å². The molecule has 0 aromatic rings. The third-order valence-corrected chi connectivity index (χ3v) is 2.40. The van der Waals surface area contributed by atoms with Gasteiger partial charge in [-0.2, -0.15) is 0 Å². The van der Waals surface area contributed by atoms with Gasteiger partial charge in [-0.25, -0.2) is 4.79 Å². The molecular weight excluding hydrogens is 212 g/mol.